The van der Waals surface area contributed by atoms with Gasteiger partial charge in [-0.1, -0.05) is 17.7 Å². The summed E-state index contributed by atoms with van der Waals surface area (Å²) in [6.45, 7) is 6.10. The van der Waals surface area contributed by atoms with Gasteiger partial charge in [0, 0.05) is 28.5 Å². The average molecular weight is 483 g/mol. The molecule has 2 aliphatic rings. The molecule has 1 aliphatic heterocycles. The van der Waals surface area contributed by atoms with E-state index >= 15 is 0 Å². The summed E-state index contributed by atoms with van der Waals surface area (Å²) in [5.74, 6) is 0.179. The van der Waals surface area contributed by atoms with Gasteiger partial charge in [-0.3, -0.25) is 9.59 Å². The van der Waals surface area contributed by atoms with Gasteiger partial charge in [-0.05, 0) is 74.0 Å². The molecule has 0 fully saturated rings. The van der Waals surface area contributed by atoms with Crippen LogP contribution in [0.5, 0.6) is 0 Å². The Kier molecular flexibility index (Phi) is 5.15. The zero-order valence-electron chi connectivity index (χ0n) is 19.9. The van der Waals surface area contributed by atoms with Crippen LogP contribution in [0.25, 0.3) is 11.0 Å². The van der Waals surface area contributed by atoms with Gasteiger partial charge in [-0.15, -0.1) is 11.3 Å². The molecular formula is C29H26N2O3S. The van der Waals surface area contributed by atoms with Gasteiger partial charge < -0.3 is 15.1 Å². The summed E-state index contributed by atoms with van der Waals surface area (Å²) in [7, 11) is 0. The van der Waals surface area contributed by atoms with E-state index in [4.69, 9.17) is 4.42 Å². The predicted molar refractivity (Wildman–Crippen MR) is 141 cm³/mol. The van der Waals surface area contributed by atoms with Crippen LogP contribution in [0.15, 0.2) is 74.6 Å². The van der Waals surface area contributed by atoms with Crippen molar-refractivity contribution >= 4 is 39.5 Å². The molecule has 6 heteroatoms. The van der Waals surface area contributed by atoms with Crippen molar-refractivity contribution in [1.29, 1.82) is 0 Å². The van der Waals surface area contributed by atoms with Crippen LogP contribution in [-0.2, 0) is 4.79 Å². The summed E-state index contributed by atoms with van der Waals surface area (Å²) in [5, 5.41) is 9.72. The Labute approximate surface area is 207 Å². The molecule has 35 heavy (non-hydrogen) atoms. The Hall–Kier alpha value is -3.64. The molecule has 0 amide bonds. The molecule has 0 radical (unpaired) electrons. The van der Waals surface area contributed by atoms with Crippen molar-refractivity contribution in [2.75, 3.05) is 10.6 Å². The number of benzene rings is 2. The molecule has 1 aliphatic carbocycles. The van der Waals surface area contributed by atoms with Gasteiger partial charge in [0.15, 0.2) is 11.2 Å². The molecule has 4 aromatic rings. The molecule has 176 valence electrons. The van der Waals surface area contributed by atoms with Crippen LogP contribution in [-0.4, -0.2) is 5.78 Å². The fraction of sp³-hybridized carbons (Fsp3) is 0.241. The molecule has 2 N–H and O–H groups in total. The number of carbonyl (C=O) groups excluding carboxylic acids is 1. The molecule has 0 unspecified atom stereocenters. The summed E-state index contributed by atoms with van der Waals surface area (Å²) >= 11 is 1.69. The van der Waals surface area contributed by atoms with E-state index in [0.29, 0.717) is 34.9 Å². The number of rotatable bonds is 2. The standard InChI is InChI=1S/C29H26N2O3S/c1-15-6-7-25-19(9-15)29(33)20(14-34-25)28-27-23(12-18(13-24(27)32)26-5-4-8-35-26)30-21-10-16(2)17(3)11-22(21)31-28/h4-11,14,18,28,30-31H,12-13H2,1-3H3/t18-,28-/m0/s1. The predicted octanol–water partition coefficient (Wildman–Crippen LogP) is 6.76. The third-order valence-electron chi connectivity index (χ3n) is 7.23. The van der Waals surface area contributed by atoms with Gasteiger partial charge >= 0.3 is 0 Å². The highest BCUT2D eigenvalue weighted by molar-refractivity contribution is 7.10. The lowest BCUT2D eigenvalue weighted by molar-refractivity contribution is -0.116. The summed E-state index contributed by atoms with van der Waals surface area (Å²) in [6, 6.07) is 13.3. The number of fused-ring (bicyclic) bond motifs is 2. The number of aryl methyl sites for hydroxylation is 3. The highest BCUT2D eigenvalue weighted by Crippen LogP contribution is 2.45. The Balaban J connectivity index is 1.55. The van der Waals surface area contributed by atoms with Crippen LogP contribution in [0.3, 0.4) is 0 Å². The van der Waals surface area contributed by atoms with E-state index in [9.17, 15) is 9.59 Å². The van der Waals surface area contributed by atoms with Gasteiger partial charge in [0.25, 0.3) is 0 Å². The Morgan fingerprint density at radius 2 is 1.77 bits per heavy atom. The number of ketones is 1. The minimum absolute atomic E-state index is 0.0552. The molecule has 0 spiro atoms. The molecule has 2 atom stereocenters. The lowest BCUT2D eigenvalue weighted by Crippen LogP contribution is -2.29. The molecule has 2 aromatic heterocycles. The number of nitrogens with one attached hydrogen (secondary N) is 2. The number of allylic oxidation sites excluding steroid dienone is 1. The van der Waals surface area contributed by atoms with Crippen LogP contribution in [0.2, 0.25) is 0 Å². The first-order valence-corrected chi connectivity index (χ1v) is 12.7. The van der Waals surface area contributed by atoms with E-state index in [2.05, 4.69) is 48.1 Å². The van der Waals surface area contributed by atoms with Crippen molar-refractivity contribution < 1.29 is 9.21 Å². The Morgan fingerprint density at radius 3 is 2.54 bits per heavy atom. The largest absolute Gasteiger partial charge is 0.464 e. The van der Waals surface area contributed by atoms with Gasteiger partial charge in [0.1, 0.15) is 11.8 Å². The maximum Gasteiger partial charge on any atom is 0.198 e. The summed E-state index contributed by atoms with van der Waals surface area (Å²) in [4.78, 5) is 28.6. The average Bonchev–Trinajstić information content (AvgIpc) is 3.32. The number of hydrogen-bond donors (Lipinski definition) is 2. The molecule has 3 heterocycles. The number of carbonyl (C=O) groups is 1. The quantitative estimate of drug-likeness (QED) is 0.330. The van der Waals surface area contributed by atoms with Crippen LogP contribution in [0.1, 0.15) is 51.9 Å². The molecule has 6 rings (SSSR count). The SMILES string of the molecule is Cc1ccc2occ([C@@H]3Nc4cc(C)c(C)cc4NC4=C3C(=O)C[C@@H](c3cccs3)C4)c(=O)c2c1. The summed E-state index contributed by atoms with van der Waals surface area (Å²) in [6.07, 6.45) is 2.66. The van der Waals surface area contributed by atoms with E-state index in [1.807, 2.05) is 31.2 Å². The normalized spacial score (nSPS) is 19.6. The molecule has 0 saturated heterocycles. The minimum Gasteiger partial charge on any atom is -0.464 e. The monoisotopic (exact) mass is 482 g/mol. The maximum absolute atomic E-state index is 13.7. The van der Waals surface area contributed by atoms with Gasteiger partial charge in [0.05, 0.1) is 28.4 Å². The number of hydrogen-bond acceptors (Lipinski definition) is 6. The maximum atomic E-state index is 13.7. The smallest absolute Gasteiger partial charge is 0.198 e. The lowest BCUT2D eigenvalue weighted by atomic mass is 9.81. The zero-order valence-corrected chi connectivity index (χ0v) is 20.7. The van der Waals surface area contributed by atoms with Crippen molar-refractivity contribution in [1.82, 2.24) is 0 Å². The molecular weight excluding hydrogens is 456 g/mol. The van der Waals surface area contributed by atoms with E-state index in [0.717, 1.165) is 33.8 Å². The highest BCUT2D eigenvalue weighted by Gasteiger charge is 2.37. The second-order valence-electron chi connectivity index (χ2n) is 9.64. The van der Waals surface area contributed by atoms with Crippen LogP contribution in [0, 0.1) is 20.8 Å². The topological polar surface area (TPSA) is 71.3 Å². The van der Waals surface area contributed by atoms with E-state index in [-0.39, 0.29) is 17.1 Å². The van der Waals surface area contributed by atoms with Crippen molar-refractivity contribution in [2.45, 2.75) is 45.6 Å². The Morgan fingerprint density at radius 1 is 0.971 bits per heavy atom. The highest BCUT2D eigenvalue weighted by atomic mass is 32.1. The zero-order chi connectivity index (χ0) is 24.3. The first kappa shape index (κ1) is 21.9. The Bertz CT molecular complexity index is 1580. The van der Waals surface area contributed by atoms with Crippen molar-refractivity contribution in [2.24, 2.45) is 0 Å². The molecule has 0 saturated carbocycles. The van der Waals surface area contributed by atoms with E-state index in [1.54, 1.807) is 11.3 Å². The summed E-state index contributed by atoms with van der Waals surface area (Å²) < 4.78 is 5.91. The van der Waals surface area contributed by atoms with Crippen molar-refractivity contribution in [3.05, 3.63) is 103 Å². The first-order chi connectivity index (χ1) is 16.9. The first-order valence-electron chi connectivity index (χ1n) is 11.9. The van der Waals surface area contributed by atoms with Crippen molar-refractivity contribution in [3.63, 3.8) is 0 Å². The van der Waals surface area contributed by atoms with E-state index in [1.165, 1.54) is 11.1 Å². The molecule has 2 aromatic carbocycles. The number of Topliss-reactive ketones (excluding diaryl/α,β-unsaturated/α-hetero) is 1. The number of anilines is 2. The lowest BCUT2D eigenvalue weighted by Gasteiger charge is -2.28. The minimum atomic E-state index is -0.598. The van der Waals surface area contributed by atoms with Gasteiger partial charge in [-0.2, -0.15) is 0 Å². The third kappa shape index (κ3) is 3.69. The van der Waals surface area contributed by atoms with Crippen LogP contribution < -0.4 is 16.1 Å². The van der Waals surface area contributed by atoms with Gasteiger partial charge in [0.2, 0.25) is 0 Å². The molecule has 5 nitrogen and oxygen atoms in total. The van der Waals surface area contributed by atoms with Gasteiger partial charge in [-0.25, -0.2) is 0 Å². The van der Waals surface area contributed by atoms with Crippen molar-refractivity contribution in [3.8, 4) is 0 Å². The number of thiophene rings is 1. The fourth-order valence-electron chi connectivity index (χ4n) is 5.23. The molecule has 0 bridgehead atoms. The van der Waals surface area contributed by atoms with Crippen LogP contribution >= 0.6 is 11.3 Å². The van der Waals surface area contributed by atoms with E-state index < -0.39 is 6.04 Å². The second-order valence-corrected chi connectivity index (χ2v) is 10.6. The third-order valence-corrected chi connectivity index (χ3v) is 8.26. The van der Waals surface area contributed by atoms with Crippen LogP contribution in [0.4, 0.5) is 11.4 Å². The fourth-order valence-corrected chi connectivity index (χ4v) is 6.06. The second kappa shape index (κ2) is 8.24. The summed E-state index contributed by atoms with van der Waals surface area (Å²) in [5.41, 5.74) is 7.47.